The van der Waals surface area contributed by atoms with Gasteiger partial charge in [0.15, 0.2) is 5.13 Å². The number of hydrogen-bond acceptors (Lipinski definition) is 6. The molecule has 9 heteroatoms. The molecule has 0 aliphatic rings. The summed E-state index contributed by atoms with van der Waals surface area (Å²) in [6.45, 7) is 2.04. The fraction of sp³-hybridized carbons (Fsp3) is 0.0500. The minimum atomic E-state index is -0.599. The Bertz CT molecular complexity index is 2080. The third-order valence-electron chi connectivity index (χ3n) is 7.41. The molecule has 3 amide bonds. The molecule has 1 aromatic heterocycles. The maximum absolute atomic E-state index is 13.8. The summed E-state index contributed by atoms with van der Waals surface area (Å²) in [5.41, 5.74) is 5.57. The van der Waals surface area contributed by atoms with Crippen molar-refractivity contribution in [3.05, 3.63) is 173 Å². The summed E-state index contributed by atoms with van der Waals surface area (Å²) in [4.78, 5) is 45.8. The average Bonchev–Trinajstić information content (AvgIpc) is 3.60. The van der Waals surface area contributed by atoms with Gasteiger partial charge in [-0.25, -0.2) is 4.98 Å². The van der Waals surface area contributed by atoms with Crippen molar-refractivity contribution in [1.29, 1.82) is 0 Å². The van der Waals surface area contributed by atoms with Gasteiger partial charge >= 0.3 is 0 Å². The molecule has 0 fully saturated rings. The molecule has 0 saturated heterocycles. The number of nitrogens with one attached hydrogen (secondary N) is 3. The number of nitrogens with zero attached hydrogens (tertiary/aromatic N) is 1. The van der Waals surface area contributed by atoms with Crippen molar-refractivity contribution in [3.63, 3.8) is 0 Å². The molecule has 0 radical (unpaired) electrons. The van der Waals surface area contributed by atoms with Gasteiger partial charge in [-0.2, -0.15) is 0 Å². The first-order valence-corrected chi connectivity index (χ1v) is 17.3. The van der Waals surface area contributed by atoms with Crippen LogP contribution in [0.5, 0.6) is 0 Å². The highest BCUT2D eigenvalue weighted by molar-refractivity contribution is 8.00. The molecule has 3 N–H and O–H groups in total. The minimum absolute atomic E-state index is 0.0908. The number of rotatable bonds is 11. The molecule has 6 rings (SSSR count). The van der Waals surface area contributed by atoms with Gasteiger partial charge in [0.1, 0.15) is 10.9 Å². The van der Waals surface area contributed by atoms with Crippen molar-refractivity contribution in [3.8, 4) is 11.3 Å². The summed E-state index contributed by atoms with van der Waals surface area (Å²) in [5, 5.41) is 10.5. The zero-order valence-corrected chi connectivity index (χ0v) is 28.1. The van der Waals surface area contributed by atoms with E-state index in [0.717, 1.165) is 32.8 Å². The lowest BCUT2D eigenvalue weighted by Crippen LogP contribution is -2.30. The Labute approximate surface area is 293 Å². The molecule has 0 spiro atoms. The van der Waals surface area contributed by atoms with E-state index >= 15 is 0 Å². The van der Waals surface area contributed by atoms with Crippen LogP contribution in [0.4, 0.5) is 10.8 Å². The standard InChI is InChI=1S/C40H32N4O3S2/c1-27-20-22-29(23-21-27)35-26-48-40(43-35)44-39(47)36(30-14-7-3-8-15-30)49-33-19-11-18-32(25-33)41-38(46)34(24-28-12-5-2-6-13-28)42-37(45)31-16-9-4-10-17-31/h2-26,36H,1H3,(H,41,46)(H,42,45)(H,43,44,47)/b34-24-. The van der Waals surface area contributed by atoms with E-state index in [1.807, 2.05) is 121 Å². The van der Waals surface area contributed by atoms with Crippen LogP contribution < -0.4 is 16.0 Å². The Morgan fingerprint density at radius 3 is 2.14 bits per heavy atom. The fourth-order valence-corrected chi connectivity index (χ4v) is 6.71. The van der Waals surface area contributed by atoms with Gasteiger partial charge in [-0.15, -0.1) is 23.1 Å². The SMILES string of the molecule is Cc1ccc(-c2csc(NC(=O)C(Sc3cccc(NC(=O)/C(=C/c4ccccc4)NC(=O)c4ccccc4)c3)c3ccccc3)n2)cc1. The molecule has 1 heterocycles. The summed E-state index contributed by atoms with van der Waals surface area (Å²) < 4.78 is 0. The molecule has 1 unspecified atom stereocenters. The Kier molecular flexibility index (Phi) is 10.7. The lowest BCUT2D eigenvalue weighted by atomic mass is 10.1. The van der Waals surface area contributed by atoms with Crippen LogP contribution in [-0.4, -0.2) is 22.7 Å². The van der Waals surface area contributed by atoms with E-state index in [1.54, 1.807) is 36.4 Å². The van der Waals surface area contributed by atoms with Gasteiger partial charge in [-0.05, 0) is 54.5 Å². The smallest absolute Gasteiger partial charge is 0.272 e. The lowest BCUT2D eigenvalue weighted by molar-refractivity contribution is -0.116. The molecule has 5 aromatic carbocycles. The molecule has 6 aromatic rings. The number of amides is 3. The molecule has 0 aliphatic carbocycles. The van der Waals surface area contributed by atoms with E-state index in [1.165, 1.54) is 23.1 Å². The summed E-state index contributed by atoms with van der Waals surface area (Å²) in [7, 11) is 0. The number of anilines is 2. The second kappa shape index (κ2) is 15.9. The third kappa shape index (κ3) is 8.98. The predicted octanol–water partition coefficient (Wildman–Crippen LogP) is 9.00. The van der Waals surface area contributed by atoms with Crippen LogP contribution in [0.25, 0.3) is 17.3 Å². The van der Waals surface area contributed by atoms with Gasteiger partial charge in [-0.3, -0.25) is 14.4 Å². The highest BCUT2D eigenvalue weighted by Crippen LogP contribution is 2.38. The number of aryl methyl sites for hydroxylation is 1. The van der Waals surface area contributed by atoms with Crippen LogP contribution in [0.3, 0.4) is 0 Å². The monoisotopic (exact) mass is 680 g/mol. The first-order valence-electron chi connectivity index (χ1n) is 15.5. The van der Waals surface area contributed by atoms with Crippen molar-refractivity contribution in [2.75, 3.05) is 10.6 Å². The van der Waals surface area contributed by atoms with E-state index in [9.17, 15) is 14.4 Å². The molecule has 0 aliphatic heterocycles. The summed E-state index contributed by atoms with van der Waals surface area (Å²) in [6, 6.07) is 42.9. The van der Waals surface area contributed by atoms with Gasteiger partial charge in [0.25, 0.3) is 11.8 Å². The number of benzene rings is 5. The second-order valence-electron chi connectivity index (χ2n) is 11.1. The number of carbonyl (C=O) groups excluding carboxylic acids is 3. The topological polar surface area (TPSA) is 100 Å². The second-order valence-corrected chi connectivity index (χ2v) is 13.1. The number of carbonyl (C=O) groups is 3. The lowest BCUT2D eigenvalue weighted by Gasteiger charge is -2.17. The molecule has 0 bridgehead atoms. The molecule has 49 heavy (non-hydrogen) atoms. The van der Waals surface area contributed by atoms with Crippen LogP contribution in [0.15, 0.2) is 155 Å². The zero-order valence-electron chi connectivity index (χ0n) is 26.5. The highest BCUT2D eigenvalue weighted by atomic mass is 32.2. The summed E-state index contributed by atoms with van der Waals surface area (Å²) in [6.07, 6.45) is 1.63. The molecule has 242 valence electrons. The Hall–Kier alpha value is -5.77. The fourth-order valence-electron chi connectivity index (χ4n) is 4.90. The van der Waals surface area contributed by atoms with E-state index in [0.29, 0.717) is 16.4 Å². The molecule has 0 saturated carbocycles. The number of thiazole rings is 1. The van der Waals surface area contributed by atoms with Gasteiger partial charge in [0.2, 0.25) is 5.91 Å². The van der Waals surface area contributed by atoms with Crippen LogP contribution >= 0.6 is 23.1 Å². The zero-order chi connectivity index (χ0) is 34.0. The molecular formula is C40H32N4O3S2. The molecular weight excluding hydrogens is 649 g/mol. The van der Waals surface area contributed by atoms with Crippen molar-refractivity contribution in [2.45, 2.75) is 17.1 Å². The first kappa shape index (κ1) is 33.1. The van der Waals surface area contributed by atoms with Gasteiger partial charge in [-0.1, -0.05) is 115 Å². The van der Waals surface area contributed by atoms with Gasteiger partial charge in [0.05, 0.1) is 5.69 Å². The predicted molar refractivity (Wildman–Crippen MR) is 199 cm³/mol. The first-order chi connectivity index (χ1) is 23.9. The van der Waals surface area contributed by atoms with E-state index in [4.69, 9.17) is 0 Å². The van der Waals surface area contributed by atoms with E-state index in [2.05, 4.69) is 20.9 Å². The number of thioether (sulfide) groups is 1. The normalized spacial score (nSPS) is 11.7. The van der Waals surface area contributed by atoms with Crippen molar-refractivity contribution in [2.24, 2.45) is 0 Å². The Morgan fingerprint density at radius 1 is 0.755 bits per heavy atom. The van der Waals surface area contributed by atoms with Crippen molar-refractivity contribution >= 4 is 57.7 Å². The molecule has 1 atom stereocenters. The van der Waals surface area contributed by atoms with Crippen molar-refractivity contribution < 1.29 is 14.4 Å². The van der Waals surface area contributed by atoms with Gasteiger partial charge < -0.3 is 16.0 Å². The summed E-state index contributed by atoms with van der Waals surface area (Å²) >= 11 is 2.74. The van der Waals surface area contributed by atoms with Crippen LogP contribution in [0, 0.1) is 6.92 Å². The van der Waals surface area contributed by atoms with Crippen molar-refractivity contribution in [1.82, 2.24) is 10.3 Å². The highest BCUT2D eigenvalue weighted by Gasteiger charge is 2.24. The number of aromatic nitrogens is 1. The Balaban J connectivity index is 1.20. The van der Waals surface area contributed by atoms with E-state index in [-0.39, 0.29) is 11.6 Å². The quantitative estimate of drug-likeness (QED) is 0.0937. The van der Waals surface area contributed by atoms with Crippen LogP contribution in [-0.2, 0) is 9.59 Å². The average molecular weight is 681 g/mol. The number of hydrogen-bond donors (Lipinski definition) is 3. The third-order valence-corrected chi connectivity index (χ3v) is 9.41. The van der Waals surface area contributed by atoms with Crippen LogP contribution in [0.2, 0.25) is 0 Å². The maximum Gasteiger partial charge on any atom is 0.272 e. The largest absolute Gasteiger partial charge is 0.321 e. The minimum Gasteiger partial charge on any atom is -0.321 e. The molecule has 7 nitrogen and oxygen atoms in total. The maximum atomic E-state index is 13.8. The van der Waals surface area contributed by atoms with Gasteiger partial charge in [0, 0.05) is 27.1 Å². The summed E-state index contributed by atoms with van der Waals surface area (Å²) in [5.74, 6) is -1.10. The van der Waals surface area contributed by atoms with E-state index < -0.39 is 17.1 Å². The Morgan fingerprint density at radius 2 is 1.43 bits per heavy atom. The van der Waals surface area contributed by atoms with Crippen LogP contribution in [0.1, 0.15) is 32.3 Å².